The number of pyridine rings is 1. The van der Waals surface area contributed by atoms with E-state index in [0.717, 1.165) is 22.5 Å². The molecule has 1 saturated heterocycles. The van der Waals surface area contributed by atoms with Gasteiger partial charge in [0.15, 0.2) is 22.5 Å². The highest BCUT2D eigenvalue weighted by Crippen LogP contribution is 2.38. The Bertz CT molecular complexity index is 1540. The van der Waals surface area contributed by atoms with Crippen LogP contribution in [0.4, 0.5) is 11.5 Å². The summed E-state index contributed by atoms with van der Waals surface area (Å²) in [6.07, 6.45) is 1.85. The highest BCUT2D eigenvalue weighted by Gasteiger charge is 2.34. The van der Waals surface area contributed by atoms with Crippen LogP contribution in [0, 0.1) is 6.92 Å². The van der Waals surface area contributed by atoms with Gasteiger partial charge in [-0.2, -0.15) is 0 Å². The first-order valence-corrected chi connectivity index (χ1v) is 13.6. The molecule has 1 aliphatic heterocycles. The summed E-state index contributed by atoms with van der Waals surface area (Å²) in [5, 5.41) is 1.23. The van der Waals surface area contributed by atoms with Crippen LogP contribution >= 0.6 is 23.4 Å². The average molecular weight is 556 g/mol. The number of nitrogens with zero attached hydrogens (tertiary/aromatic N) is 3. The van der Waals surface area contributed by atoms with Crippen LogP contribution in [0.15, 0.2) is 101 Å². The molecule has 0 radical (unpaired) electrons. The number of amidine groups is 1. The van der Waals surface area contributed by atoms with Gasteiger partial charge in [0.1, 0.15) is 6.61 Å². The number of hydrogen-bond donors (Lipinski definition) is 0. The number of ether oxygens (including phenoxy) is 2. The molecule has 2 heterocycles. The van der Waals surface area contributed by atoms with Crippen molar-refractivity contribution in [1.82, 2.24) is 4.98 Å². The molecule has 0 saturated carbocycles. The maximum atomic E-state index is 13.6. The van der Waals surface area contributed by atoms with Crippen molar-refractivity contribution in [1.29, 1.82) is 0 Å². The number of amides is 1. The Morgan fingerprint density at radius 3 is 2.49 bits per heavy atom. The van der Waals surface area contributed by atoms with Crippen LogP contribution in [0.2, 0.25) is 5.02 Å². The number of carbonyl (C=O) groups excluding carboxylic acids is 1. The minimum atomic E-state index is -0.154. The van der Waals surface area contributed by atoms with Crippen molar-refractivity contribution in [2.24, 2.45) is 4.99 Å². The number of halogens is 1. The predicted molar refractivity (Wildman–Crippen MR) is 159 cm³/mol. The van der Waals surface area contributed by atoms with Gasteiger partial charge in [-0.3, -0.25) is 9.69 Å². The van der Waals surface area contributed by atoms with Gasteiger partial charge < -0.3 is 9.47 Å². The van der Waals surface area contributed by atoms with Gasteiger partial charge in [-0.1, -0.05) is 54.1 Å². The lowest BCUT2D eigenvalue weighted by molar-refractivity contribution is -0.113. The Morgan fingerprint density at radius 1 is 0.949 bits per heavy atom. The molecule has 5 rings (SSSR count). The fourth-order valence-corrected chi connectivity index (χ4v) is 5.05. The highest BCUT2D eigenvalue weighted by molar-refractivity contribution is 8.19. The smallest absolute Gasteiger partial charge is 0.271 e. The lowest BCUT2D eigenvalue weighted by Crippen LogP contribution is -2.28. The zero-order valence-corrected chi connectivity index (χ0v) is 23.1. The first kappa shape index (κ1) is 26.5. The van der Waals surface area contributed by atoms with Crippen LogP contribution in [-0.4, -0.2) is 22.7 Å². The number of para-hydroxylation sites is 1. The van der Waals surface area contributed by atoms with Gasteiger partial charge in [0.25, 0.3) is 5.91 Å². The Balaban J connectivity index is 1.44. The number of anilines is 1. The summed E-state index contributed by atoms with van der Waals surface area (Å²) < 4.78 is 11.9. The lowest BCUT2D eigenvalue weighted by atomic mass is 10.1. The second-order valence-corrected chi connectivity index (χ2v) is 10.1. The minimum absolute atomic E-state index is 0.154. The maximum Gasteiger partial charge on any atom is 0.271 e. The lowest BCUT2D eigenvalue weighted by Gasteiger charge is -2.15. The van der Waals surface area contributed by atoms with E-state index in [2.05, 4.69) is 4.98 Å². The first-order chi connectivity index (χ1) is 19.0. The van der Waals surface area contributed by atoms with Gasteiger partial charge in [0.2, 0.25) is 0 Å². The summed E-state index contributed by atoms with van der Waals surface area (Å²) in [6.45, 7) is 4.69. The van der Waals surface area contributed by atoms with Crippen molar-refractivity contribution in [3.05, 3.63) is 118 Å². The number of rotatable bonds is 8. The van der Waals surface area contributed by atoms with E-state index in [1.165, 1.54) is 11.8 Å². The van der Waals surface area contributed by atoms with Crippen LogP contribution in [0.25, 0.3) is 6.08 Å². The fraction of sp³-hybridized carbons (Fsp3) is 0.129. The number of hydrogen-bond acceptors (Lipinski definition) is 6. The number of aliphatic imine (C=N–C) groups is 1. The molecule has 0 N–H and O–H groups in total. The molecule has 3 aromatic carbocycles. The predicted octanol–water partition coefficient (Wildman–Crippen LogP) is 7.83. The van der Waals surface area contributed by atoms with Crippen molar-refractivity contribution >= 4 is 52.0 Å². The third kappa shape index (κ3) is 6.50. The van der Waals surface area contributed by atoms with Gasteiger partial charge in [-0.15, -0.1) is 0 Å². The third-order valence-electron chi connectivity index (χ3n) is 5.78. The normalized spacial score (nSPS) is 15.3. The average Bonchev–Trinajstić information content (AvgIpc) is 3.23. The van der Waals surface area contributed by atoms with Crippen molar-refractivity contribution in [3.8, 4) is 11.5 Å². The Kier molecular flexibility index (Phi) is 8.30. The molecule has 1 fully saturated rings. The van der Waals surface area contributed by atoms with E-state index in [4.69, 9.17) is 26.1 Å². The van der Waals surface area contributed by atoms with Gasteiger partial charge >= 0.3 is 0 Å². The summed E-state index contributed by atoms with van der Waals surface area (Å²) in [7, 11) is 0. The Hall–Kier alpha value is -4.07. The first-order valence-electron chi connectivity index (χ1n) is 12.5. The standard InChI is InChI=1S/C31H26ClN3O3S/c1-3-37-27-18-23(14-17-26(27)38-20-22-12-15-24(32)16-13-22)19-28-30(36)35(25-9-5-4-6-10-25)31(39-28)34-29-11-7-8-21(2)33-29/h4-19H,3,20H2,1-2H3/b28-19-,34-31+. The molecule has 1 aliphatic rings. The van der Waals surface area contributed by atoms with Crippen LogP contribution < -0.4 is 14.4 Å². The van der Waals surface area contributed by atoms with Crippen LogP contribution in [0.1, 0.15) is 23.7 Å². The molecule has 0 atom stereocenters. The summed E-state index contributed by atoms with van der Waals surface area (Å²) in [4.78, 5) is 25.0. The maximum absolute atomic E-state index is 13.6. The van der Waals surface area contributed by atoms with Crippen molar-refractivity contribution in [2.45, 2.75) is 20.5 Å². The van der Waals surface area contributed by atoms with E-state index in [0.29, 0.717) is 45.6 Å². The van der Waals surface area contributed by atoms with Crippen LogP contribution in [0.3, 0.4) is 0 Å². The van der Waals surface area contributed by atoms with Gasteiger partial charge in [-0.05, 0) is 91.3 Å². The number of aryl methyl sites for hydroxylation is 1. The summed E-state index contributed by atoms with van der Waals surface area (Å²) >= 11 is 7.30. The van der Waals surface area contributed by atoms with E-state index >= 15 is 0 Å². The van der Waals surface area contributed by atoms with Crippen LogP contribution in [0.5, 0.6) is 11.5 Å². The SMILES string of the molecule is CCOc1cc(/C=C2\S/C(=N/c3cccc(C)n3)N(c3ccccc3)C2=O)ccc1OCc1ccc(Cl)cc1. The zero-order valence-electron chi connectivity index (χ0n) is 21.5. The third-order valence-corrected chi connectivity index (χ3v) is 7.00. The zero-order chi connectivity index (χ0) is 27.2. The quantitative estimate of drug-likeness (QED) is 0.207. The Labute approximate surface area is 237 Å². The molecule has 39 heavy (non-hydrogen) atoms. The molecular formula is C31H26ClN3O3S. The molecular weight excluding hydrogens is 530 g/mol. The number of benzene rings is 3. The molecule has 1 aromatic heterocycles. The van der Waals surface area contributed by atoms with Crippen LogP contribution in [-0.2, 0) is 11.4 Å². The van der Waals surface area contributed by atoms with E-state index in [1.54, 1.807) is 4.90 Å². The fourth-order valence-electron chi connectivity index (χ4n) is 3.94. The largest absolute Gasteiger partial charge is 0.490 e. The van der Waals surface area contributed by atoms with Crippen molar-refractivity contribution < 1.29 is 14.3 Å². The van der Waals surface area contributed by atoms with E-state index in [-0.39, 0.29) is 5.91 Å². The molecule has 4 aromatic rings. The molecule has 8 heteroatoms. The summed E-state index contributed by atoms with van der Waals surface area (Å²) in [5.41, 5.74) is 3.41. The summed E-state index contributed by atoms with van der Waals surface area (Å²) in [6, 6.07) is 28.3. The molecule has 1 amide bonds. The topological polar surface area (TPSA) is 64.0 Å². The van der Waals surface area contributed by atoms with E-state index in [1.807, 2.05) is 111 Å². The second-order valence-electron chi connectivity index (χ2n) is 8.67. The molecule has 0 spiro atoms. The number of thioether (sulfide) groups is 1. The number of carbonyl (C=O) groups is 1. The van der Waals surface area contributed by atoms with E-state index in [9.17, 15) is 4.79 Å². The molecule has 0 aliphatic carbocycles. The molecule has 196 valence electrons. The molecule has 0 bridgehead atoms. The van der Waals surface area contributed by atoms with Gasteiger partial charge in [-0.25, -0.2) is 9.98 Å². The molecule has 6 nitrogen and oxygen atoms in total. The van der Waals surface area contributed by atoms with Crippen molar-refractivity contribution in [2.75, 3.05) is 11.5 Å². The highest BCUT2D eigenvalue weighted by atomic mass is 35.5. The molecule has 0 unspecified atom stereocenters. The Morgan fingerprint density at radius 2 is 1.74 bits per heavy atom. The minimum Gasteiger partial charge on any atom is -0.490 e. The monoisotopic (exact) mass is 555 g/mol. The summed E-state index contributed by atoms with van der Waals surface area (Å²) in [5.74, 6) is 1.62. The van der Waals surface area contributed by atoms with Gasteiger partial charge in [0, 0.05) is 10.7 Å². The van der Waals surface area contributed by atoms with Crippen molar-refractivity contribution in [3.63, 3.8) is 0 Å². The van der Waals surface area contributed by atoms with E-state index < -0.39 is 0 Å². The second kappa shape index (κ2) is 12.2. The number of aromatic nitrogens is 1. The van der Waals surface area contributed by atoms with Gasteiger partial charge in [0.05, 0.1) is 17.2 Å².